The van der Waals surface area contributed by atoms with Crippen LogP contribution in [0.2, 0.25) is 0 Å². The van der Waals surface area contributed by atoms with Crippen molar-refractivity contribution >= 4 is 28.9 Å². The number of aromatic nitrogens is 4. The van der Waals surface area contributed by atoms with E-state index in [-0.39, 0.29) is 5.56 Å². The van der Waals surface area contributed by atoms with Gasteiger partial charge in [0.2, 0.25) is 10.5 Å². The Morgan fingerprint density at radius 3 is 2.50 bits per heavy atom. The average molecular weight is 422 g/mol. The van der Waals surface area contributed by atoms with Gasteiger partial charge in [0.1, 0.15) is 0 Å². The molecule has 0 saturated carbocycles. The Labute approximate surface area is 181 Å². The van der Waals surface area contributed by atoms with Crippen molar-refractivity contribution in [2.45, 2.75) is 40.0 Å². The van der Waals surface area contributed by atoms with E-state index in [2.05, 4.69) is 30.9 Å². The molecule has 0 bridgehead atoms. The number of nitrogens with zero attached hydrogens (tertiary/aromatic N) is 5. The molecule has 0 aliphatic heterocycles. The van der Waals surface area contributed by atoms with Crippen LogP contribution in [0.15, 0.2) is 59.4 Å². The maximum Gasteiger partial charge on any atom is 0.262 e. The molecule has 0 unspecified atom stereocenters. The standard InChI is InChI=1S/C23H27N5OS/c1-17(2)13-14-26-21(29)19-11-7-8-12-20(19)28-22(26)24-27(23(28)30)16-25(3)15-18-9-5-4-6-10-18/h4-12,17H,13-16H2,1-3H3. The molecular formula is C23H27N5OS. The van der Waals surface area contributed by atoms with Crippen molar-refractivity contribution in [3.8, 4) is 0 Å². The zero-order chi connectivity index (χ0) is 21.3. The van der Waals surface area contributed by atoms with Gasteiger partial charge in [-0.1, -0.05) is 56.3 Å². The molecule has 0 aliphatic carbocycles. The Balaban J connectivity index is 1.80. The number of rotatable bonds is 7. The number of aryl methyl sites for hydroxylation is 1. The molecule has 4 rings (SSSR count). The van der Waals surface area contributed by atoms with Crippen molar-refractivity contribution in [2.24, 2.45) is 5.92 Å². The lowest BCUT2D eigenvalue weighted by Gasteiger charge is -2.16. The molecule has 6 nitrogen and oxygen atoms in total. The van der Waals surface area contributed by atoms with Gasteiger partial charge in [0, 0.05) is 13.1 Å². The predicted octanol–water partition coefficient (Wildman–Crippen LogP) is 4.32. The maximum absolute atomic E-state index is 13.2. The smallest absolute Gasteiger partial charge is 0.262 e. The molecule has 4 aromatic rings. The van der Waals surface area contributed by atoms with Gasteiger partial charge < -0.3 is 0 Å². The molecule has 0 N–H and O–H groups in total. The van der Waals surface area contributed by atoms with E-state index >= 15 is 0 Å². The van der Waals surface area contributed by atoms with Gasteiger partial charge >= 0.3 is 0 Å². The Bertz CT molecular complexity index is 1290. The van der Waals surface area contributed by atoms with E-state index in [1.807, 2.05) is 58.6 Å². The number of fused-ring (bicyclic) bond motifs is 3. The van der Waals surface area contributed by atoms with Crippen molar-refractivity contribution in [1.29, 1.82) is 0 Å². The molecule has 0 fully saturated rings. The van der Waals surface area contributed by atoms with E-state index in [0.29, 0.717) is 35.1 Å². The van der Waals surface area contributed by atoms with Gasteiger partial charge in [-0.15, -0.1) is 5.10 Å². The molecule has 0 saturated heterocycles. The van der Waals surface area contributed by atoms with Crippen LogP contribution in [0.25, 0.3) is 16.7 Å². The summed E-state index contributed by atoms with van der Waals surface area (Å²) in [6.45, 7) is 6.27. The second-order valence-electron chi connectivity index (χ2n) is 8.22. The van der Waals surface area contributed by atoms with E-state index in [4.69, 9.17) is 17.3 Å². The number of hydrogen-bond donors (Lipinski definition) is 0. The van der Waals surface area contributed by atoms with E-state index in [9.17, 15) is 4.79 Å². The van der Waals surface area contributed by atoms with Crippen molar-refractivity contribution in [3.63, 3.8) is 0 Å². The highest BCUT2D eigenvalue weighted by molar-refractivity contribution is 7.71. The number of hydrogen-bond acceptors (Lipinski definition) is 4. The zero-order valence-electron chi connectivity index (χ0n) is 17.7. The van der Waals surface area contributed by atoms with E-state index in [1.165, 1.54) is 5.56 Å². The molecule has 0 amide bonds. The van der Waals surface area contributed by atoms with Gasteiger partial charge in [-0.05, 0) is 49.3 Å². The summed E-state index contributed by atoms with van der Waals surface area (Å²) in [4.78, 5) is 15.4. The summed E-state index contributed by atoms with van der Waals surface area (Å²) in [5, 5.41) is 5.45. The molecule has 2 aromatic heterocycles. The lowest BCUT2D eigenvalue weighted by molar-refractivity contribution is 0.244. The monoisotopic (exact) mass is 421 g/mol. The summed E-state index contributed by atoms with van der Waals surface area (Å²) in [6.07, 6.45) is 0.904. The highest BCUT2D eigenvalue weighted by atomic mass is 32.1. The summed E-state index contributed by atoms with van der Waals surface area (Å²) in [5.41, 5.74) is 2.03. The summed E-state index contributed by atoms with van der Waals surface area (Å²) in [6, 6.07) is 17.9. The molecule has 0 aliphatic rings. The highest BCUT2D eigenvalue weighted by Crippen LogP contribution is 2.16. The minimum absolute atomic E-state index is 0.0106. The Hall–Kier alpha value is -2.77. The third-order valence-electron chi connectivity index (χ3n) is 5.28. The van der Waals surface area contributed by atoms with E-state index < -0.39 is 0 Å². The fourth-order valence-corrected chi connectivity index (χ4v) is 4.00. The van der Waals surface area contributed by atoms with Crippen LogP contribution in [0, 0.1) is 10.7 Å². The molecule has 0 spiro atoms. The largest absolute Gasteiger partial charge is 0.283 e. The Morgan fingerprint density at radius 2 is 1.77 bits per heavy atom. The minimum atomic E-state index is -0.0106. The summed E-state index contributed by atoms with van der Waals surface area (Å²) >= 11 is 5.80. The molecule has 7 heteroatoms. The second-order valence-corrected chi connectivity index (χ2v) is 8.58. The van der Waals surface area contributed by atoms with Gasteiger partial charge in [-0.25, -0.2) is 4.68 Å². The van der Waals surface area contributed by atoms with Crippen LogP contribution < -0.4 is 5.56 Å². The van der Waals surface area contributed by atoms with Gasteiger partial charge in [0.05, 0.1) is 17.6 Å². The minimum Gasteiger partial charge on any atom is -0.283 e. The van der Waals surface area contributed by atoms with Crippen molar-refractivity contribution in [2.75, 3.05) is 7.05 Å². The third-order valence-corrected chi connectivity index (χ3v) is 5.68. The average Bonchev–Trinajstić information content (AvgIpc) is 3.04. The zero-order valence-corrected chi connectivity index (χ0v) is 18.5. The second kappa shape index (κ2) is 8.53. The molecule has 30 heavy (non-hydrogen) atoms. The summed E-state index contributed by atoms with van der Waals surface area (Å²) in [7, 11) is 2.04. The summed E-state index contributed by atoms with van der Waals surface area (Å²) in [5.74, 6) is 1.10. The van der Waals surface area contributed by atoms with Crippen molar-refractivity contribution in [3.05, 3.63) is 75.3 Å². The molecule has 156 valence electrons. The van der Waals surface area contributed by atoms with Crippen LogP contribution in [0.4, 0.5) is 0 Å². The van der Waals surface area contributed by atoms with Crippen LogP contribution in [0.1, 0.15) is 25.8 Å². The fourth-order valence-electron chi connectivity index (χ4n) is 3.72. The summed E-state index contributed by atoms with van der Waals surface area (Å²) < 4.78 is 6.11. The SMILES string of the molecule is CC(C)CCn1c(=O)c2ccccc2n2c(=S)n(CN(C)Cc3ccccc3)nc12. The van der Waals surface area contributed by atoms with Gasteiger partial charge in [-0.2, -0.15) is 0 Å². The van der Waals surface area contributed by atoms with Crippen molar-refractivity contribution < 1.29 is 0 Å². The highest BCUT2D eigenvalue weighted by Gasteiger charge is 2.16. The van der Waals surface area contributed by atoms with Crippen LogP contribution in [-0.4, -0.2) is 30.7 Å². The van der Waals surface area contributed by atoms with E-state index in [1.54, 1.807) is 4.57 Å². The molecule has 0 radical (unpaired) electrons. The quantitative estimate of drug-likeness (QED) is 0.417. The lowest BCUT2D eigenvalue weighted by atomic mass is 10.1. The normalized spacial score (nSPS) is 11.9. The van der Waals surface area contributed by atoms with Crippen LogP contribution >= 0.6 is 12.2 Å². The molecule has 2 aromatic carbocycles. The molecule has 2 heterocycles. The lowest BCUT2D eigenvalue weighted by Crippen LogP contribution is -2.24. The fraction of sp³-hybridized carbons (Fsp3) is 0.348. The number of para-hydroxylation sites is 1. The topological polar surface area (TPSA) is 47.5 Å². The third kappa shape index (κ3) is 3.95. The molecular weight excluding hydrogens is 394 g/mol. The first-order chi connectivity index (χ1) is 14.5. The first-order valence-corrected chi connectivity index (χ1v) is 10.7. The van der Waals surface area contributed by atoms with Gasteiger partial charge in [-0.3, -0.25) is 18.7 Å². The Morgan fingerprint density at radius 1 is 1.07 bits per heavy atom. The van der Waals surface area contributed by atoms with Crippen molar-refractivity contribution in [1.82, 2.24) is 23.6 Å². The maximum atomic E-state index is 13.2. The first kappa shape index (κ1) is 20.5. The predicted molar refractivity (Wildman–Crippen MR) is 123 cm³/mol. The number of benzene rings is 2. The van der Waals surface area contributed by atoms with E-state index in [0.717, 1.165) is 18.5 Å². The van der Waals surface area contributed by atoms with Crippen LogP contribution in [0.3, 0.4) is 0 Å². The van der Waals surface area contributed by atoms with Gasteiger partial charge in [0.15, 0.2) is 0 Å². The van der Waals surface area contributed by atoms with Gasteiger partial charge in [0.25, 0.3) is 5.56 Å². The van der Waals surface area contributed by atoms with Crippen LogP contribution in [-0.2, 0) is 19.8 Å². The van der Waals surface area contributed by atoms with Crippen LogP contribution in [0.5, 0.6) is 0 Å². The first-order valence-electron chi connectivity index (χ1n) is 10.3. The Kier molecular flexibility index (Phi) is 5.83. The molecule has 0 atom stereocenters.